The smallest absolute Gasteiger partial charge is 0.348 e. The van der Waals surface area contributed by atoms with Crippen molar-refractivity contribution >= 4 is 28.1 Å². The van der Waals surface area contributed by atoms with Gasteiger partial charge in [0.05, 0.1) is 4.90 Å². The van der Waals surface area contributed by atoms with Gasteiger partial charge >= 0.3 is 11.9 Å². The number of carbonyl (C=O) groups is 2. The molecule has 8 nitrogen and oxygen atoms in total. The van der Waals surface area contributed by atoms with Crippen molar-refractivity contribution in [2.24, 2.45) is 0 Å². The summed E-state index contributed by atoms with van der Waals surface area (Å²) in [5, 5.41) is 0. The summed E-state index contributed by atoms with van der Waals surface area (Å²) >= 11 is 0. The Hall–Kier alpha value is -2.91. The highest BCUT2D eigenvalue weighted by Crippen LogP contribution is 2.27. The Balaban J connectivity index is 1.86. The van der Waals surface area contributed by atoms with E-state index in [1.54, 1.807) is 6.07 Å². The average molecular weight is 378 g/mol. The number of benzene rings is 1. The maximum Gasteiger partial charge on any atom is 0.348 e. The van der Waals surface area contributed by atoms with Crippen molar-refractivity contribution in [1.82, 2.24) is 0 Å². The van der Waals surface area contributed by atoms with Crippen LogP contribution in [0, 0.1) is 0 Å². The van der Waals surface area contributed by atoms with E-state index in [-0.39, 0.29) is 16.2 Å². The first-order valence-corrected chi connectivity index (χ1v) is 8.85. The Morgan fingerprint density at radius 1 is 0.962 bits per heavy atom. The molecule has 0 amide bonds. The monoisotopic (exact) mass is 378 g/mol. The zero-order valence-corrected chi connectivity index (χ0v) is 14.6. The molecule has 1 N–H and O–H groups in total. The molecule has 1 fully saturated rings. The number of furan rings is 1. The first kappa shape index (κ1) is 17.9. The van der Waals surface area contributed by atoms with Crippen molar-refractivity contribution in [3.8, 4) is 11.3 Å². The van der Waals surface area contributed by atoms with Gasteiger partial charge in [0.2, 0.25) is 0 Å². The van der Waals surface area contributed by atoms with E-state index in [0.717, 1.165) is 0 Å². The molecule has 136 valence electrons. The van der Waals surface area contributed by atoms with Gasteiger partial charge in [-0.3, -0.25) is 4.55 Å². The molecule has 9 heteroatoms. The van der Waals surface area contributed by atoms with Crippen LogP contribution in [0.15, 0.2) is 51.3 Å². The van der Waals surface area contributed by atoms with E-state index < -0.39 is 27.8 Å². The molecule has 0 aliphatic carbocycles. The number of esters is 2. The molecule has 0 bridgehead atoms. The fourth-order valence-electron chi connectivity index (χ4n) is 2.30. The lowest BCUT2D eigenvalue weighted by molar-refractivity contribution is -0.222. The van der Waals surface area contributed by atoms with Gasteiger partial charge < -0.3 is 13.9 Å². The molecule has 1 aliphatic heterocycles. The van der Waals surface area contributed by atoms with Gasteiger partial charge in [-0.15, -0.1) is 0 Å². The molecule has 26 heavy (non-hydrogen) atoms. The van der Waals surface area contributed by atoms with Crippen LogP contribution in [-0.2, 0) is 29.2 Å². The standard InChI is InChI=1S/C17H14O8S/c1-17(2)24-15(18)13(16(19)25-17)9-11-5-8-14(23-11)10-3-6-12(7-4-10)26(20,21)22/h3-9H,1-2H3,(H,20,21,22). The highest BCUT2D eigenvalue weighted by Gasteiger charge is 2.39. The Bertz CT molecular complexity index is 987. The van der Waals surface area contributed by atoms with E-state index in [4.69, 9.17) is 18.4 Å². The second-order valence-corrected chi connectivity index (χ2v) is 7.36. The Labute approximate surface area is 148 Å². The number of ether oxygens (including phenoxy) is 2. The lowest BCUT2D eigenvalue weighted by Crippen LogP contribution is -2.41. The number of carbonyl (C=O) groups excluding carboxylic acids is 2. The van der Waals surface area contributed by atoms with Gasteiger partial charge in [0, 0.05) is 25.5 Å². The highest BCUT2D eigenvalue weighted by molar-refractivity contribution is 7.85. The fourth-order valence-corrected chi connectivity index (χ4v) is 2.78. The molecule has 1 aliphatic rings. The molecular formula is C17H14O8S. The summed E-state index contributed by atoms with van der Waals surface area (Å²) in [7, 11) is -4.28. The summed E-state index contributed by atoms with van der Waals surface area (Å²) in [6.45, 7) is 2.89. The third-order valence-electron chi connectivity index (χ3n) is 3.47. The minimum atomic E-state index is -4.28. The van der Waals surface area contributed by atoms with Gasteiger partial charge in [-0.25, -0.2) is 9.59 Å². The summed E-state index contributed by atoms with van der Waals surface area (Å²) in [5.41, 5.74) is 0.240. The van der Waals surface area contributed by atoms with Crippen LogP contribution < -0.4 is 0 Å². The SMILES string of the molecule is CC1(C)OC(=O)C(=Cc2ccc(-c3ccc(S(=O)(=O)O)cc3)o2)C(=O)O1. The zero-order valence-electron chi connectivity index (χ0n) is 13.8. The summed E-state index contributed by atoms with van der Waals surface area (Å²) in [6, 6.07) is 8.46. The molecule has 1 aromatic heterocycles. The predicted octanol–water partition coefficient (Wildman–Crippen LogP) is 2.41. The van der Waals surface area contributed by atoms with E-state index in [1.165, 1.54) is 50.3 Å². The average Bonchev–Trinajstić information content (AvgIpc) is 2.98. The van der Waals surface area contributed by atoms with Gasteiger partial charge in [0.1, 0.15) is 17.1 Å². The van der Waals surface area contributed by atoms with Crippen LogP contribution >= 0.6 is 0 Å². The Kier molecular flexibility index (Phi) is 4.21. The fraction of sp³-hybridized carbons (Fsp3) is 0.176. The molecule has 2 aromatic rings. The summed E-state index contributed by atoms with van der Waals surface area (Å²) < 4.78 is 46.6. The van der Waals surface area contributed by atoms with Crippen molar-refractivity contribution in [3.63, 3.8) is 0 Å². The highest BCUT2D eigenvalue weighted by atomic mass is 32.2. The van der Waals surface area contributed by atoms with Gasteiger partial charge in [-0.2, -0.15) is 8.42 Å². The van der Waals surface area contributed by atoms with Crippen LogP contribution in [0.2, 0.25) is 0 Å². The van der Waals surface area contributed by atoms with E-state index >= 15 is 0 Å². The van der Waals surface area contributed by atoms with Gasteiger partial charge in [-0.1, -0.05) is 0 Å². The van der Waals surface area contributed by atoms with Crippen molar-refractivity contribution in [3.05, 3.63) is 47.7 Å². The molecule has 0 unspecified atom stereocenters. The van der Waals surface area contributed by atoms with Crippen LogP contribution in [-0.4, -0.2) is 30.7 Å². The van der Waals surface area contributed by atoms with Crippen molar-refractivity contribution in [2.45, 2.75) is 24.5 Å². The van der Waals surface area contributed by atoms with E-state index in [9.17, 15) is 18.0 Å². The normalized spacial score (nSPS) is 16.8. The summed E-state index contributed by atoms with van der Waals surface area (Å²) in [6.07, 6.45) is 1.20. The van der Waals surface area contributed by atoms with Gasteiger partial charge in [-0.05, 0) is 36.4 Å². The van der Waals surface area contributed by atoms with Crippen LogP contribution in [0.1, 0.15) is 19.6 Å². The lowest BCUT2D eigenvalue weighted by Gasteiger charge is -2.29. The number of hydrogen-bond donors (Lipinski definition) is 1. The number of cyclic esters (lactones) is 2. The van der Waals surface area contributed by atoms with E-state index in [1.807, 2.05) is 0 Å². The molecule has 0 spiro atoms. The van der Waals surface area contributed by atoms with Crippen molar-refractivity contribution < 1.29 is 36.5 Å². The minimum Gasteiger partial charge on any atom is -0.457 e. The Morgan fingerprint density at radius 2 is 1.54 bits per heavy atom. The molecule has 3 rings (SSSR count). The predicted molar refractivity (Wildman–Crippen MR) is 88.2 cm³/mol. The topological polar surface area (TPSA) is 120 Å². The van der Waals surface area contributed by atoms with Crippen LogP contribution in [0.3, 0.4) is 0 Å². The molecule has 1 saturated heterocycles. The van der Waals surface area contributed by atoms with E-state index in [2.05, 4.69) is 0 Å². The summed E-state index contributed by atoms with van der Waals surface area (Å²) in [4.78, 5) is 23.6. The molecule has 2 heterocycles. The third-order valence-corrected chi connectivity index (χ3v) is 4.33. The largest absolute Gasteiger partial charge is 0.457 e. The third kappa shape index (κ3) is 3.68. The maximum absolute atomic E-state index is 11.9. The maximum atomic E-state index is 11.9. The van der Waals surface area contributed by atoms with Crippen molar-refractivity contribution in [1.29, 1.82) is 0 Å². The minimum absolute atomic E-state index is 0.211. The molecule has 1 aromatic carbocycles. The molecule has 0 atom stereocenters. The summed E-state index contributed by atoms with van der Waals surface area (Å²) in [5.74, 6) is -2.38. The number of hydrogen-bond acceptors (Lipinski definition) is 7. The van der Waals surface area contributed by atoms with Gasteiger partial charge in [0.25, 0.3) is 15.9 Å². The first-order valence-electron chi connectivity index (χ1n) is 7.41. The lowest BCUT2D eigenvalue weighted by atomic mass is 10.2. The Morgan fingerprint density at radius 3 is 2.08 bits per heavy atom. The zero-order chi connectivity index (χ0) is 19.1. The second-order valence-electron chi connectivity index (χ2n) is 5.94. The molecule has 0 radical (unpaired) electrons. The van der Waals surface area contributed by atoms with Crippen molar-refractivity contribution in [2.75, 3.05) is 0 Å². The van der Waals surface area contributed by atoms with Crippen LogP contribution in [0.4, 0.5) is 0 Å². The molecule has 0 saturated carbocycles. The molecular weight excluding hydrogens is 364 g/mol. The van der Waals surface area contributed by atoms with Crippen LogP contribution in [0.5, 0.6) is 0 Å². The first-order chi connectivity index (χ1) is 12.0. The van der Waals surface area contributed by atoms with E-state index in [0.29, 0.717) is 11.3 Å². The number of rotatable bonds is 3. The van der Waals surface area contributed by atoms with Crippen LogP contribution in [0.25, 0.3) is 17.4 Å². The quantitative estimate of drug-likeness (QED) is 0.374. The van der Waals surface area contributed by atoms with Gasteiger partial charge in [0.15, 0.2) is 0 Å². The second kappa shape index (κ2) is 6.11.